The van der Waals surface area contributed by atoms with Crippen LogP contribution >= 0.6 is 0 Å². The number of benzene rings is 2. The maximum Gasteiger partial charge on any atom is 0.417 e. The van der Waals surface area contributed by atoms with E-state index in [2.05, 4.69) is 10.3 Å². The fourth-order valence-electron chi connectivity index (χ4n) is 3.83. The summed E-state index contributed by atoms with van der Waals surface area (Å²) in [5.74, 6) is -1.48. The van der Waals surface area contributed by atoms with Crippen molar-refractivity contribution in [1.82, 2.24) is 14.6 Å². The molecule has 0 spiro atoms. The highest BCUT2D eigenvalue weighted by Crippen LogP contribution is 2.30. The third kappa shape index (κ3) is 5.91. The Hall–Kier alpha value is -3.18. The number of carbonyl (C=O) groups excluding carboxylic acids is 1. The van der Waals surface area contributed by atoms with E-state index in [9.17, 15) is 31.0 Å². The lowest BCUT2D eigenvalue weighted by Crippen LogP contribution is -2.43. The third-order valence-corrected chi connectivity index (χ3v) is 7.08. The Morgan fingerprint density at radius 2 is 1.80 bits per heavy atom. The zero-order chi connectivity index (χ0) is 25.2. The smallest absolute Gasteiger partial charge is 0.351 e. The molecule has 1 aromatic heterocycles. The molecule has 1 fully saturated rings. The lowest BCUT2D eigenvalue weighted by Gasteiger charge is -2.22. The number of nitrogens with one attached hydrogen (secondary N) is 1. The number of halogens is 5. The van der Waals surface area contributed by atoms with Crippen molar-refractivity contribution in [2.24, 2.45) is 0 Å². The van der Waals surface area contributed by atoms with Crippen LogP contribution in [0.15, 0.2) is 65.7 Å². The predicted octanol–water partition coefficient (Wildman–Crippen LogP) is 4.85. The molecule has 3 aromatic rings. The van der Waals surface area contributed by atoms with E-state index in [1.54, 1.807) is 0 Å². The molecule has 1 amide bonds. The first kappa shape index (κ1) is 24.9. The Bertz CT molecular complexity index is 1230. The lowest BCUT2D eigenvalue weighted by molar-refractivity contribution is -0.137. The van der Waals surface area contributed by atoms with Gasteiger partial charge >= 0.3 is 6.18 Å². The van der Waals surface area contributed by atoms with Crippen LogP contribution in [0.3, 0.4) is 0 Å². The number of pyridine rings is 1. The molecule has 0 aliphatic carbocycles. The molecule has 2 unspecified atom stereocenters. The van der Waals surface area contributed by atoms with Crippen molar-refractivity contribution in [3.05, 3.63) is 83.6 Å². The number of hydrogen-bond donors (Lipinski definition) is 1. The van der Waals surface area contributed by atoms with Crippen LogP contribution in [-0.2, 0) is 28.5 Å². The molecular weight excluding hydrogens is 489 g/mol. The summed E-state index contributed by atoms with van der Waals surface area (Å²) < 4.78 is 80.1. The van der Waals surface area contributed by atoms with Crippen LogP contribution in [0.2, 0.25) is 0 Å². The molecule has 0 saturated carbocycles. The van der Waals surface area contributed by atoms with Crippen molar-refractivity contribution < 1.29 is 31.0 Å². The van der Waals surface area contributed by atoms with E-state index >= 15 is 0 Å². The van der Waals surface area contributed by atoms with Crippen LogP contribution in [0, 0.1) is 11.6 Å². The Kier molecular flexibility index (Phi) is 7.27. The van der Waals surface area contributed by atoms with Gasteiger partial charge in [0.15, 0.2) is 0 Å². The van der Waals surface area contributed by atoms with E-state index in [1.807, 2.05) is 0 Å². The van der Waals surface area contributed by atoms with Gasteiger partial charge in [0.2, 0.25) is 5.91 Å². The second-order valence-electron chi connectivity index (χ2n) is 8.00. The predicted molar refractivity (Wildman–Crippen MR) is 119 cm³/mol. The van der Waals surface area contributed by atoms with E-state index in [1.165, 1.54) is 40.7 Å². The molecule has 0 bridgehead atoms. The maximum absolute atomic E-state index is 14.2. The standard InChI is InChI=1S/C24H20F5N3O2S/c25-18-4-6-20(7-5-18)35(34)32-9-1-2-22(32)23(33)31-13-15-10-16(12-19(26)11-15)21-8-3-17(14-30-21)24(27,28)29/h3-8,10-12,14,22H,1-2,9,13H2,(H,31,33). The van der Waals surface area contributed by atoms with Gasteiger partial charge in [-0.2, -0.15) is 13.2 Å². The Labute approximate surface area is 200 Å². The minimum Gasteiger partial charge on any atom is -0.351 e. The summed E-state index contributed by atoms with van der Waals surface area (Å²) in [7, 11) is -1.65. The number of carbonyl (C=O) groups is 1. The summed E-state index contributed by atoms with van der Waals surface area (Å²) in [4.78, 5) is 17.0. The van der Waals surface area contributed by atoms with Gasteiger partial charge in [-0.3, -0.25) is 9.78 Å². The molecule has 11 heteroatoms. The van der Waals surface area contributed by atoms with Gasteiger partial charge in [-0.25, -0.2) is 17.3 Å². The van der Waals surface area contributed by atoms with E-state index in [0.717, 1.165) is 18.2 Å². The van der Waals surface area contributed by atoms with Crippen LogP contribution in [0.5, 0.6) is 0 Å². The number of rotatable bonds is 6. The molecule has 35 heavy (non-hydrogen) atoms. The number of nitrogens with zero attached hydrogens (tertiary/aromatic N) is 2. The lowest BCUT2D eigenvalue weighted by atomic mass is 10.1. The fourth-order valence-corrected chi connectivity index (χ4v) is 5.19. The number of amides is 1. The van der Waals surface area contributed by atoms with Crippen LogP contribution in [0.1, 0.15) is 24.0 Å². The molecule has 2 atom stereocenters. The van der Waals surface area contributed by atoms with Crippen molar-refractivity contribution in [3.8, 4) is 11.3 Å². The molecule has 184 valence electrons. The van der Waals surface area contributed by atoms with E-state index in [4.69, 9.17) is 0 Å². The number of aromatic nitrogens is 1. The van der Waals surface area contributed by atoms with Crippen molar-refractivity contribution in [1.29, 1.82) is 0 Å². The number of hydrogen-bond acceptors (Lipinski definition) is 3. The first-order valence-corrected chi connectivity index (χ1v) is 11.8. The van der Waals surface area contributed by atoms with Gasteiger partial charge in [-0.05, 0) is 73.0 Å². The molecule has 1 N–H and O–H groups in total. The fraction of sp³-hybridized carbons (Fsp3) is 0.250. The molecule has 1 aliphatic heterocycles. The largest absolute Gasteiger partial charge is 0.417 e. The average Bonchev–Trinajstić information content (AvgIpc) is 3.32. The SMILES string of the molecule is O=C(NCc1cc(F)cc(-c2ccc(C(F)(F)F)cn2)c1)C1CCCN1S(=O)c1ccc(F)cc1. The Balaban J connectivity index is 1.44. The zero-order valence-corrected chi connectivity index (χ0v) is 19.0. The van der Waals surface area contributed by atoms with Gasteiger partial charge in [0.25, 0.3) is 0 Å². The summed E-state index contributed by atoms with van der Waals surface area (Å²) >= 11 is 0. The quantitative estimate of drug-likeness (QED) is 0.484. The van der Waals surface area contributed by atoms with Crippen molar-refractivity contribution in [2.75, 3.05) is 6.54 Å². The minimum absolute atomic E-state index is 0.0439. The van der Waals surface area contributed by atoms with Gasteiger partial charge < -0.3 is 5.32 Å². The monoisotopic (exact) mass is 509 g/mol. The first-order valence-electron chi connectivity index (χ1n) is 10.7. The zero-order valence-electron chi connectivity index (χ0n) is 18.2. The van der Waals surface area contributed by atoms with Gasteiger partial charge in [0.05, 0.1) is 16.2 Å². The van der Waals surface area contributed by atoms with Crippen molar-refractivity contribution in [2.45, 2.75) is 36.5 Å². The maximum atomic E-state index is 14.2. The highest BCUT2D eigenvalue weighted by molar-refractivity contribution is 7.82. The third-order valence-electron chi connectivity index (χ3n) is 5.55. The molecule has 2 aromatic carbocycles. The van der Waals surface area contributed by atoms with Crippen LogP contribution in [0.4, 0.5) is 22.0 Å². The molecule has 1 saturated heterocycles. The van der Waals surface area contributed by atoms with Crippen LogP contribution in [-0.4, -0.2) is 32.0 Å². The molecule has 1 aliphatic rings. The van der Waals surface area contributed by atoms with Crippen LogP contribution in [0.25, 0.3) is 11.3 Å². The summed E-state index contributed by atoms with van der Waals surface area (Å²) in [5.41, 5.74) is -0.104. The van der Waals surface area contributed by atoms with Gasteiger partial charge in [-0.15, -0.1) is 0 Å². The van der Waals surface area contributed by atoms with Crippen molar-refractivity contribution >= 4 is 16.9 Å². The van der Waals surface area contributed by atoms with Crippen molar-refractivity contribution in [3.63, 3.8) is 0 Å². The van der Waals surface area contributed by atoms with Gasteiger partial charge in [-0.1, -0.05) is 0 Å². The van der Waals surface area contributed by atoms with E-state index < -0.39 is 46.3 Å². The summed E-state index contributed by atoms with van der Waals surface area (Å²) in [6.45, 7) is 0.379. The minimum atomic E-state index is -4.53. The highest BCUT2D eigenvalue weighted by atomic mass is 32.2. The molecule has 0 radical (unpaired) electrons. The average molecular weight is 510 g/mol. The normalized spacial score (nSPS) is 17.3. The summed E-state index contributed by atoms with van der Waals surface area (Å²) in [5, 5.41) is 2.71. The second kappa shape index (κ2) is 10.2. The molecule has 4 rings (SSSR count). The molecule has 5 nitrogen and oxygen atoms in total. The molecular formula is C24H20F5N3O2S. The van der Waals surface area contributed by atoms with E-state index in [0.29, 0.717) is 36.0 Å². The number of alkyl halides is 3. The Morgan fingerprint density at radius 1 is 1.06 bits per heavy atom. The van der Waals surface area contributed by atoms with Gasteiger partial charge in [0.1, 0.15) is 28.7 Å². The summed E-state index contributed by atoms with van der Waals surface area (Å²) in [6, 6.07) is 10.4. The second-order valence-corrected chi connectivity index (χ2v) is 9.44. The molecule has 2 heterocycles. The first-order chi connectivity index (χ1) is 16.6. The Morgan fingerprint density at radius 3 is 2.46 bits per heavy atom. The van der Waals surface area contributed by atoms with E-state index in [-0.39, 0.29) is 17.8 Å². The highest BCUT2D eigenvalue weighted by Gasteiger charge is 2.35. The summed E-state index contributed by atoms with van der Waals surface area (Å²) in [6.07, 6.45) is -2.73. The van der Waals surface area contributed by atoms with Crippen LogP contribution < -0.4 is 5.32 Å². The topological polar surface area (TPSA) is 62.3 Å². The van der Waals surface area contributed by atoms with Gasteiger partial charge in [0, 0.05) is 24.8 Å².